The molecule has 1 aromatic carbocycles. The van der Waals surface area contributed by atoms with Crippen LogP contribution in [0.4, 0.5) is 22.5 Å². The number of hydrazine groups is 1. The van der Waals surface area contributed by atoms with E-state index in [9.17, 15) is 10.1 Å². The van der Waals surface area contributed by atoms with Crippen LogP contribution in [-0.4, -0.2) is 39.0 Å². The summed E-state index contributed by atoms with van der Waals surface area (Å²) in [5, 5.41) is 16.5. The Balaban J connectivity index is 2.02. The van der Waals surface area contributed by atoms with Crippen molar-refractivity contribution in [3.63, 3.8) is 0 Å². The van der Waals surface area contributed by atoms with Gasteiger partial charge in [0.2, 0.25) is 11.6 Å². The maximum atomic E-state index is 11.5. The minimum Gasteiger partial charge on any atom is -0.310 e. The van der Waals surface area contributed by atoms with Crippen molar-refractivity contribution in [1.82, 2.24) is 20.0 Å². The van der Waals surface area contributed by atoms with Crippen LogP contribution in [0.5, 0.6) is 0 Å². The third kappa shape index (κ3) is 3.09. The van der Waals surface area contributed by atoms with E-state index in [1.165, 1.54) is 17.7 Å². The Labute approximate surface area is 141 Å². The number of para-hydroxylation sites is 1. The van der Waals surface area contributed by atoms with Gasteiger partial charge in [0.05, 0.1) is 15.1 Å². The summed E-state index contributed by atoms with van der Waals surface area (Å²) in [6.45, 7) is 1.97. The Hall–Kier alpha value is -2.85. The van der Waals surface area contributed by atoms with Gasteiger partial charge in [0.1, 0.15) is 6.33 Å². The van der Waals surface area contributed by atoms with Crippen LogP contribution in [0, 0.1) is 17.0 Å². The zero-order valence-corrected chi connectivity index (χ0v) is 14.1. The smallest absolute Gasteiger partial charge is 0.310 e. The predicted molar refractivity (Wildman–Crippen MR) is 93.6 cm³/mol. The second-order valence-corrected chi connectivity index (χ2v) is 6.28. The number of hydrogen-bond acceptors (Lipinski definition) is 9. The van der Waals surface area contributed by atoms with Gasteiger partial charge in [-0.2, -0.15) is 0 Å². The highest BCUT2D eigenvalue weighted by atomic mass is 32.1. The van der Waals surface area contributed by atoms with Crippen molar-refractivity contribution >= 4 is 44.0 Å². The Morgan fingerprint density at radius 3 is 2.67 bits per heavy atom. The highest BCUT2D eigenvalue weighted by molar-refractivity contribution is 7.22. The molecule has 0 aliphatic carbocycles. The zero-order valence-electron chi connectivity index (χ0n) is 13.3. The molecule has 0 saturated heterocycles. The number of nitrogens with zero attached hydrogens (tertiary/aromatic N) is 5. The minimum atomic E-state index is -0.521. The highest BCUT2D eigenvalue weighted by Crippen LogP contribution is 2.34. The van der Waals surface area contributed by atoms with Crippen LogP contribution in [0.2, 0.25) is 0 Å². The number of rotatable bonds is 5. The third-order valence-electron chi connectivity index (χ3n) is 3.18. The molecule has 0 unspecified atom stereocenters. The second kappa shape index (κ2) is 6.34. The zero-order chi connectivity index (χ0) is 17.3. The Morgan fingerprint density at radius 1 is 1.25 bits per heavy atom. The molecule has 0 aliphatic heterocycles. The molecule has 124 valence electrons. The molecule has 0 aliphatic rings. The summed E-state index contributed by atoms with van der Waals surface area (Å²) in [5.74, 6) is 0.204. The topological polar surface area (TPSA) is 109 Å². The van der Waals surface area contributed by atoms with Crippen LogP contribution < -0.4 is 10.7 Å². The predicted octanol–water partition coefficient (Wildman–Crippen LogP) is 2.94. The second-order valence-electron chi connectivity index (χ2n) is 5.25. The summed E-state index contributed by atoms with van der Waals surface area (Å²) in [7, 11) is 3.44. The van der Waals surface area contributed by atoms with Gasteiger partial charge in [-0.25, -0.2) is 20.0 Å². The van der Waals surface area contributed by atoms with Gasteiger partial charge in [-0.15, -0.1) is 0 Å². The summed E-state index contributed by atoms with van der Waals surface area (Å²) in [6.07, 6.45) is 1.26. The van der Waals surface area contributed by atoms with Crippen molar-refractivity contribution < 1.29 is 4.92 Å². The van der Waals surface area contributed by atoms with Gasteiger partial charge in [-0.1, -0.05) is 23.5 Å². The molecule has 10 heteroatoms. The Bertz CT molecular complexity index is 909. The first-order valence-corrected chi connectivity index (χ1v) is 7.84. The lowest BCUT2D eigenvalue weighted by Crippen LogP contribution is -2.21. The van der Waals surface area contributed by atoms with Gasteiger partial charge >= 0.3 is 5.69 Å². The van der Waals surface area contributed by atoms with E-state index in [1.807, 2.05) is 25.1 Å². The first-order valence-electron chi connectivity index (χ1n) is 7.02. The lowest BCUT2D eigenvalue weighted by molar-refractivity contribution is -0.383. The molecular weight excluding hydrogens is 330 g/mol. The normalized spacial score (nSPS) is 11.0. The van der Waals surface area contributed by atoms with Crippen LogP contribution in [0.3, 0.4) is 0 Å². The number of hydrogen-bond donors (Lipinski definition) is 2. The molecule has 0 saturated carbocycles. The number of nitrogens with one attached hydrogen (secondary N) is 2. The molecule has 2 aromatic heterocycles. The van der Waals surface area contributed by atoms with Crippen molar-refractivity contribution in [2.75, 3.05) is 24.8 Å². The van der Waals surface area contributed by atoms with Gasteiger partial charge < -0.3 is 5.32 Å². The highest BCUT2D eigenvalue weighted by Gasteiger charge is 2.24. The monoisotopic (exact) mass is 345 g/mol. The largest absolute Gasteiger partial charge is 0.354 e. The van der Waals surface area contributed by atoms with Crippen molar-refractivity contribution in [3.05, 3.63) is 40.2 Å². The molecule has 2 N–H and O–H groups in total. The number of fused-ring (bicyclic) bond motifs is 1. The number of benzene rings is 1. The van der Waals surface area contributed by atoms with E-state index in [2.05, 4.69) is 25.7 Å². The standard InChI is InChI=1S/C14H15N7O2S/c1-8-5-4-6-9-10(8)17-14(24-9)18-12-11(21(22)23)13(16-7-15-12)19-20(2)3/h4-7H,1-3H3,(H2,15,16,17,18,19). The fourth-order valence-corrected chi connectivity index (χ4v) is 3.12. The Morgan fingerprint density at radius 2 is 2.00 bits per heavy atom. The lowest BCUT2D eigenvalue weighted by Gasteiger charge is -2.13. The van der Waals surface area contributed by atoms with E-state index in [4.69, 9.17) is 0 Å². The SMILES string of the molecule is Cc1cccc2sc(Nc3ncnc(NN(C)C)c3[N+](=O)[O-])nc12. The molecule has 0 amide bonds. The van der Waals surface area contributed by atoms with E-state index in [0.29, 0.717) is 5.13 Å². The van der Waals surface area contributed by atoms with Gasteiger partial charge in [0.25, 0.3) is 0 Å². The summed E-state index contributed by atoms with van der Waals surface area (Å²) < 4.78 is 1.00. The van der Waals surface area contributed by atoms with Gasteiger partial charge in [0, 0.05) is 14.1 Å². The van der Waals surface area contributed by atoms with Crippen molar-refractivity contribution in [3.8, 4) is 0 Å². The molecule has 3 aromatic rings. The maximum absolute atomic E-state index is 11.5. The van der Waals surface area contributed by atoms with E-state index in [1.54, 1.807) is 19.1 Å². The van der Waals surface area contributed by atoms with E-state index in [0.717, 1.165) is 15.8 Å². The van der Waals surface area contributed by atoms with Crippen molar-refractivity contribution in [2.24, 2.45) is 0 Å². The van der Waals surface area contributed by atoms with E-state index < -0.39 is 4.92 Å². The summed E-state index contributed by atoms with van der Waals surface area (Å²) >= 11 is 1.41. The minimum absolute atomic E-state index is 0.0936. The molecular formula is C14H15N7O2S. The van der Waals surface area contributed by atoms with Crippen LogP contribution in [0.25, 0.3) is 10.2 Å². The number of thiazole rings is 1. The molecule has 2 heterocycles. The van der Waals surface area contributed by atoms with Crippen LogP contribution in [-0.2, 0) is 0 Å². The number of aryl methyl sites for hydroxylation is 1. The Kier molecular flexibility index (Phi) is 4.23. The average Bonchev–Trinajstić information content (AvgIpc) is 2.90. The molecule has 0 spiro atoms. The molecule has 0 fully saturated rings. The summed E-state index contributed by atoms with van der Waals surface area (Å²) in [4.78, 5) is 23.4. The average molecular weight is 345 g/mol. The van der Waals surface area contributed by atoms with Gasteiger partial charge in [-0.05, 0) is 18.6 Å². The van der Waals surface area contributed by atoms with Gasteiger partial charge in [-0.3, -0.25) is 15.5 Å². The van der Waals surface area contributed by atoms with Crippen LogP contribution in [0.15, 0.2) is 24.5 Å². The molecule has 0 bridgehead atoms. The fraction of sp³-hybridized carbons (Fsp3) is 0.214. The van der Waals surface area contributed by atoms with Crippen molar-refractivity contribution in [1.29, 1.82) is 0 Å². The van der Waals surface area contributed by atoms with E-state index >= 15 is 0 Å². The number of nitro groups is 1. The summed E-state index contributed by atoms with van der Waals surface area (Å²) in [6, 6.07) is 5.88. The number of anilines is 3. The lowest BCUT2D eigenvalue weighted by atomic mass is 10.2. The number of aromatic nitrogens is 3. The van der Waals surface area contributed by atoms with E-state index in [-0.39, 0.29) is 17.3 Å². The molecule has 0 atom stereocenters. The van der Waals surface area contributed by atoms with Gasteiger partial charge in [0.15, 0.2) is 5.13 Å². The van der Waals surface area contributed by atoms with Crippen LogP contribution in [0.1, 0.15) is 5.56 Å². The molecule has 0 radical (unpaired) electrons. The summed E-state index contributed by atoms with van der Waals surface area (Å²) in [5.41, 5.74) is 4.48. The van der Waals surface area contributed by atoms with Crippen LogP contribution >= 0.6 is 11.3 Å². The first kappa shape index (κ1) is 16.0. The van der Waals surface area contributed by atoms with Crippen molar-refractivity contribution in [2.45, 2.75) is 6.92 Å². The molecule has 9 nitrogen and oxygen atoms in total. The molecule has 3 rings (SSSR count). The first-order chi connectivity index (χ1) is 11.5. The third-order valence-corrected chi connectivity index (χ3v) is 4.12. The fourth-order valence-electron chi connectivity index (χ4n) is 2.18. The quantitative estimate of drug-likeness (QED) is 0.536. The maximum Gasteiger partial charge on any atom is 0.354 e. The molecule has 24 heavy (non-hydrogen) atoms.